The van der Waals surface area contributed by atoms with Gasteiger partial charge in [-0.05, 0) is 39.0 Å². The van der Waals surface area contributed by atoms with Crippen LogP contribution in [0.1, 0.15) is 52.4 Å². The summed E-state index contributed by atoms with van der Waals surface area (Å²) >= 11 is 0. The molecule has 0 radical (unpaired) electrons. The molecule has 1 N–H and O–H groups in total. The lowest BCUT2D eigenvalue weighted by Gasteiger charge is -2.36. The van der Waals surface area contributed by atoms with Crippen molar-refractivity contribution in [3.8, 4) is 0 Å². The molecule has 1 aliphatic carbocycles. The van der Waals surface area contributed by atoms with Gasteiger partial charge in [-0.25, -0.2) is 0 Å². The highest BCUT2D eigenvalue weighted by Crippen LogP contribution is 2.34. The van der Waals surface area contributed by atoms with E-state index in [0.717, 1.165) is 32.1 Å². The van der Waals surface area contributed by atoms with Crippen molar-refractivity contribution in [2.75, 3.05) is 0 Å². The van der Waals surface area contributed by atoms with Gasteiger partial charge in [-0.2, -0.15) is 0 Å². The monoisotopic (exact) mass is 228 g/mol. The van der Waals surface area contributed by atoms with E-state index >= 15 is 0 Å². The average molecular weight is 228 g/mol. The van der Waals surface area contributed by atoms with Crippen molar-refractivity contribution in [2.24, 2.45) is 5.92 Å². The van der Waals surface area contributed by atoms with Gasteiger partial charge in [0.2, 0.25) is 0 Å². The van der Waals surface area contributed by atoms with Crippen LogP contribution in [0.3, 0.4) is 0 Å². The Morgan fingerprint density at radius 3 is 2.31 bits per heavy atom. The summed E-state index contributed by atoms with van der Waals surface area (Å²) < 4.78 is 5.43. The van der Waals surface area contributed by atoms with Gasteiger partial charge in [0, 0.05) is 0 Å². The van der Waals surface area contributed by atoms with Crippen LogP contribution in [0.2, 0.25) is 0 Å². The molecule has 0 heterocycles. The summed E-state index contributed by atoms with van der Waals surface area (Å²) in [4.78, 5) is 22.3. The van der Waals surface area contributed by atoms with Gasteiger partial charge < -0.3 is 9.84 Å². The number of ether oxygens (including phenoxy) is 1. The lowest BCUT2D eigenvalue weighted by atomic mass is 9.82. The molecule has 0 aromatic heterocycles. The highest BCUT2D eigenvalue weighted by atomic mass is 16.6. The Balaban J connectivity index is 2.62. The van der Waals surface area contributed by atoms with Gasteiger partial charge in [0.15, 0.2) is 5.92 Å². The fourth-order valence-electron chi connectivity index (χ4n) is 2.13. The van der Waals surface area contributed by atoms with Crippen LogP contribution >= 0.6 is 0 Å². The summed E-state index contributed by atoms with van der Waals surface area (Å²) in [6, 6.07) is 0. The largest absolute Gasteiger partial charge is 0.481 e. The number of rotatable bonds is 4. The van der Waals surface area contributed by atoms with E-state index in [0.29, 0.717) is 0 Å². The van der Waals surface area contributed by atoms with Crippen molar-refractivity contribution in [3.63, 3.8) is 0 Å². The maximum Gasteiger partial charge on any atom is 0.320 e. The lowest BCUT2D eigenvalue weighted by molar-refractivity contribution is -0.173. The minimum atomic E-state index is -1.12. The van der Waals surface area contributed by atoms with E-state index in [4.69, 9.17) is 9.84 Å². The number of hydrogen-bond donors (Lipinski definition) is 1. The summed E-state index contributed by atoms with van der Waals surface area (Å²) in [6.07, 6.45) is 5.78. The summed E-state index contributed by atoms with van der Waals surface area (Å²) in [5, 5.41) is 8.74. The molecule has 16 heavy (non-hydrogen) atoms. The van der Waals surface area contributed by atoms with E-state index in [1.807, 2.05) is 6.92 Å². The van der Waals surface area contributed by atoms with E-state index in [2.05, 4.69) is 0 Å². The van der Waals surface area contributed by atoms with Crippen molar-refractivity contribution < 1.29 is 19.4 Å². The third-order valence-corrected chi connectivity index (χ3v) is 3.45. The summed E-state index contributed by atoms with van der Waals surface area (Å²) in [5.41, 5.74) is -0.404. The van der Waals surface area contributed by atoms with Crippen LogP contribution in [0, 0.1) is 5.92 Å². The van der Waals surface area contributed by atoms with E-state index in [-0.39, 0.29) is 0 Å². The number of carbonyl (C=O) groups is 2. The first-order chi connectivity index (χ1) is 7.51. The Labute approximate surface area is 96.0 Å². The number of carboxylic acid groups (broad SMARTS) is 1. The molecule has 1 aliphatic rings. The molecule has 4 nitrogen and oxygen atoms in total. The molecule has 1 atom stereocenters. The van der Waals surface area contributed by atoms with Crippen molar-refractivity contribution in [2.45, 2.75) is 58.0 Å². The molecule has 1 unspecified atom stereocenters. The molecular weight excluding hydrogens is 208 g/mol. The number of carbonyl (C=O) groups excluding carboxylic acids is 1. The molecule has 0 aromatic carbocycles. The van der Waals surface area contributed by atoms with Crippen LogP contribution in [0.15, 0.2) is 0 Å². The van der Waals surface area contributed by atoms with E-state index < -0.39 is 23.5 Å². The maximum absolute atomic E-state index is 11.6. The third kappa shape index (κ3) is 2.97. The minimum Gasteiger partial charge on any atom is -0.481 e. The van der Waals surface area contributed by atoms with Crippen molar-refractivity contribution in [3.05, 3.63) is 0 Å². The Bertz CT molecular complexity index is 266. The van der Waals surface area contributed by atoms with Gasteiger partial charge in [-0.1, -0.05) is 13.3 Å². The lowest BCUT2D eigenvalue weighted by Crippen LogP contribution is -2.39. The number of aliphatic carboxylic acids is 1. The molecule has 0 amide bonds. The van der Waals surface area contributed by atoms with E-state index in [1.165, 1.54) is 13.3 Å². The van der Waals surface area contributed by atoms with Crippen LogP contribution in [0.4, 0.5) is 0 Å². The quantitative estimate of drug-likeness (QED) is 0.592. The second-order valence-electron chi connectivity index (χ2n) is 4.58. The minimum absolute atomic E-state index is 0.404. The third-order valence-electron chi connectivity index (χ3n) is 3.45. The summed E-state index contributed by atoms with van der Waals surface area (Å²) in [6.45, 7) is 3.36. The molecular formula is C12H20O4. The van der Waals surface area contributed by atoms with Crippen molar-refractivity contribution in [1.29, 1.82) is 0 Å². The molecule has 92 valence electrons. The topological polar surface area (TPSA) is 63.6 Å². The van der Waals surface area contributed by atoms with Gasteiger partial charge in [0.25, 0.3) is 0 Å². The predicted octanol–water partition coefficient (Wildman–Crippen LogP) is 2.36. The molecule has 1 fully saturated rings. The summed E-state index contributed by atoms with van der Waals surface area (Å²) in [5.74, 6) is -2.78. The van der Waals surface area contributed by atoms with Crippen molar-refractivity contribution in [1.82, 2.24) is 0 Å². The maximum atomic E-state index is 11.6. The zero-order valence-electron chi connectivity index (χ0n) is 9.99. The van der Waals surface area contributed by atoms with Gasteiger partial charge >= 0.3 is 11.9 Å². The Kier molecular flexibility index (Phi) is 4.33. The zero-order chi connectivity index (χ0) is 12.2. The smallest absolute Gasteiger partial charge is 0.320 e. The zero-order valence-corrected chi connectivity index (χ0v) is 9.99. The highest BCUT2D eigenvalue weighted by Gasteiger charge is 2.36. The van der Waals surface area contributed by atoms with E-state index in [1.54, 1.807) is 0 Å². The molecule has 1 rings (SSSR count). The first kappa shape index (κ1) is 13.0. The van der Waals surface area contributed by atoms with Crippen LogP contribution in [-0.4, -0.2) is 22.6 Å². The molecule has 0 aromatic rings. The first-order valence-corrected chi connectivity index (χ1v) is 5.96. The van der Waals surface area contributed by atoms with E-state index in [9.17, 15) is 9.59 Å². The SMILES string of the molecule is CCC1(OC(=O)C(C)C(=O)O)CCCCC1. The van der Waals surface area contributed by atoms with Gasteiger partial charge in [-0.15, -0.1) is 0 Å². The van der Waals surface area contributed by atoms with Crippen LogP contribution in [-0.2, 0) is 14.3 Å². The second-order valence-corrected chi connectivity index (χ2v) is 4.58. The second kappa shape index (κ2) is 5.32. The van der Waals surface area contributed by atoms with Crippen LogP contribution < -0.4 is 0 Å². The predicted molar refractivity (Wildman–Crippen MR) is 59.0 cm³/mol. The van der Waals surface area contributed by atoms with Crippen LogP contribution in [0.5, 0.6) is 0 Å². The highest BCUT2D eigenvalue weighted by molar-refractivity contribution is 5.93. The summed E-state index contributed by atoms with van der Waals surface area (Å²) in [7, 11) is 0. The molecule has 0 bridgehead atoms. The molecule has 0 spiro atoms. The normalized spacial score (nSPS) is 21.1. The molecule has 0 aliphatic heterocycles. The number of esters is 1. The molecule has 4 heteroatoms. The number of hydrogen-bond acceptors (Lipinski definition) is 3. The van der Waals surface area contributed by atoms with Crippen LogP contribution in [0.25, 0.3) is 0 Å². The van der Waals surface area contributed by atoms with Gasteiger partial charge in [0.1, 0.15) is 5.60 Å². The van der Waals surface area contributed by atoms with Gasteiger partial charge in [0.05, 0.1) is 0 Å². The van der Waals surface area contributed by atoms with Gasteiger partial charge in [-0.3, -0.25) is 9.59 Å². The Morgan fingerprint density at radius 2 is 1.88 bits per heavy atom. The standard InChI is InChI=1S/C12H20O4/c1-3-12(7-5-4-6-8-12)16-11(15)9(2)10(13)14/h9H,3-8H2,1-2H3,(H,13,14). The Hall–Kier alpha value is -1.06. The first-order valence-electron chi connectivity index (χ1n) is 5.96. The fraction of sp³-hybridized carbons (Fsp3) is 0.833. The number of carboxylic acids is 1. The Morgan fingerprint density at radius 1 is 1.31 bits per heavy atom. The molecule has 0 saturated heterocycles. The average Bonchev–Trinajstić information content (AvgIpc) is 2.29. The molecule has 1 saturated carbocycles. The fourth-order valence-corrected chi connectivity index (χ4v) is 2.13. The van der Waals surface area contributed by atoms with Crippen molar-refractivity contribution >= 4 is 11.9 Å².